The molecule has 0 heterocycles. The summed E-state index contributed by atoms with van der Waals surface area (Å²) in [6.45, 7) is 0. The first kappa shape index (κ1) is 13.6. The number of carbonyl (C=O) groups is 2. The van der Waals surface area contributed by atoms with Crippen LogP contribution in [0.25, 0.3) is 0 Å². The van der Waals surface area contributed by atoms with Gasteiger partial charge in [0.2, 0.25) is 0 Å². The molecular weight excluding hydrogens is 256 g/mol. The highest BCUT2D eigenvalue weighted by Crippen LogP contribution is 2.15. The largest absolute Gasteiger partial charge is 0.497 e. The molecule has 0 aliphatic heterocycles. The van der Waals surface area contributed by atoms with Crippen molar-refractivity contribution in [1.82, 2.24) is 0 Å². The number of nitrogens with one attached hydrogen (secondary N) is 2. The molecule has 2 amide bonds. The van der Waals surface area contributed by atoms with Crippen LogP contribution in [0, 0.1) is 0 Å². The normalized spacial score (nSPS) is 9.65. The summed E-state index contributed by atoms with van der Waals surface area (Å²) in [5, 5.41) is 5.34. The van der Waals surface area contributed by atoms with Crippen LogP contribution in [0.15, 0.2) is 48.5 Å². The Labute approximate surface area is 116 Å². The summed E-state index contributed by atoms with van der Waals surface area (Å²) in [7, 11) is 1.58. The van der Waals surface area contributed by atoms with Gasteiger partial charge in [0, 0.05) is 16.9 Å². The number of hydrogen-bond donors (Lipinski definition) is 2. The third-order valence-corrected chi connectivity index (χ3v) is 2.63. The molecular formula is C15H14N2O3. The van der Waals surface area contributed by atoms with Gasteiger partial charge in [-0.25, -0.2) is 4.79 Å². The van der Waals surface area contributed by atoms with Crippen molar-refractivity contribution < 1.29 is 14.3 Å². The average Bonchev–Trinajstić information content (AvgIpc) is 2.48. The molecule has 2 rings (SSSR count). The van der Waals surface area contributed by atoms with E-state index < -0.39 is 0 Å². The zero-order valence-electron chi connectivity index (χ0n) is 10.9. The highest BCUT2D eigenvalue weighted by atomic mass is 16.5. The van der Waals surface area contributed by atoms with Crippen molar-refractivity contribution in [3.63, 3.8) is 0 Å². The summed E-state index contributed by atoms with van der Waals surface area (Å²) in [5.41, 5.74) is 1.71. The first-order valence-electron chi connectivity index (χ1n) is 5.98. The van der Waals surface area contributed by atoms with Crippen molar-refractivity contribution in [2.75, 3.05) is 17.7 Å². The molecule has 2 aromatic rings. The van der Waals surface area contributed by atoms with Gasteiger partial charge in [0.1, 0.15) is 12.0 Å². The smallest absolute Gasteiger partial charge is 0.323 e. The molecule has 5 heteroatoms. The third kappa shape index (κ3) is 3.58. The number of anilines is 2. The molecule has 0 radical (unpaired) electrons. The van der Waals surface area contributed by atoms with E-state index >= 15 is 0 Å². The molecule has 20 heavy (non-hydrogen) atoms. The van der Waals surface area contributed by atoms with E-state index in [1.54, 1.807) is 55.6 Å². The number of carbonyl (C=O) groups excluding carboxylic acids is 2. The molecule has 2 N–H and O–H groups in total. The molecule has 0 aliphatic rings. The van der Waals surface area contributed by atoms with Crippen LogP contribution in [0.5, 0.6) is 5.75 Å². The predicted octanol–water partition coefficient (Wildman–Crippen LogP) is 3.15. The van der Waals surface area contributed by atoms with Crippen LogP contribution >= 0.6 is 0 Å². The number of rotatable bonds is 4. The minimum Gasteiger partial charge on any atom is -0.497 e. The van der Waals surface area contributed by atoms with Crippen molar-refractivity contribution in [3.05, 3.63) is 54.1 Å². The molecule has 0 bridgehead atoms. The molecule has 0 fully saturated rings. The lowest BCUT2D eigenvalue weighted by Crippen LogP contribution is -2.19. The van der Waals surface area contributed by atoms with Gasteiger partial charge in [-0.3, -0.25) is 4.79 Å². The Bertz CT molecular complexity index is 609. The van der Waals surface area contributed by atoms with Crippen molar-refractivity contribution in [1.29, 1.82) is 0 Å². The summed E-state index contributed by atoms with van der Waals surface area (Å²) in [6.07, 6.45) is 0.729. The van der Waals surface area contributed by atoms with Crippen LogP contribution < -0.4 is 15.4 Å². The molecule has 0 saturated heterocycles. The second-order valence-electron chi connectivity index (χ2n) is 4.05. The fourth-order valence-electron chi connectivity index (χ4n) is 1.66. The number of hydrogen-bond acceptors (Lipinski definition) is 3. The van der Waals surface area contributed by atoms with Crippen molar-refractivity contribution in [2.24, 2.45) is 0 Å². The van der Waals surface area contributed by atoms with Crippen LogP contribution in [0.1, 0.15) is 10.4 Å². The van der Waals surface area contributed by atoms with Gasteiger partial charge in [0.15, 0.2) is 0 Å². The van der Waals surface area contributed by atoms with Crippen LogP contribution in [0.4, 0.5) is 16.2 Å². The average molecular weight is 270 g/mol. The first-order valence-corrected chi connectivity index (χ1v) is 5.98. The number of ether oxygens (including phenoxy) is 1. The molecule has 0 spiro atoms. The minimum atomic E-state index is -0.377. The van der Waals surface area contributed by atoms with Gasteiger partial charge < -0.3 is 15.4 Å². The summed E-state index contributed by atoms with van der Waals surface area (Å²) < 4.78 is 5.03. The van der Waals surface area contributed by atoms with Crippen molar-refractivity contribution in [3.8, 4) is 5.75 Å². The maximum atomic E-state index is 11.8. The summed E-state index contributed by atoms with van der Waals surface area (Å²) in [6, 6.07) is 13.3. The van der Waals surface area contributed by atoms with E-state index in [2.05, 4.69) is 10.6 Å². The van der Waals surface area contributed by atoms with E-state index in [4.69, 9.17) is 4.74 Å². The Kier molecular flexibility index (Phi) is 4.34. The van der Waals surface area contributed by atoms with Crippen LogP contribution in [-0.2, 0) is 0 Å². The Hall–Kier alpha value is -2.82. The van der Waals surface area contributed by atoms with E-state index in [9.17, 15) is 9.59 Å². The van der Waals surface area contributed by atoms with Gasteiger partial charge in [-0.15, -0.1) is 0 Å². The van der Waals surface area contributed by atoms with Gasteiger partial charge in [0.25, 0.3) is 0 Å². The Morgan fingerprint density at radius 3 is 2.40 bits per heavy atom. The van der Waals surface area contributed by atoms with Gasteiger partial charge in [0.05, 0.1) is 7.11 Å². The molecule has 0 atom stereocenters. The number of methoxy groups -OCH3 is 1. The van der Waals surface area contributed by atoms with E-state index in [0.29, 0.717) is 16.9 Å². The SMILES string of the molecule is COc1ccc(NC(=O)Nc2cccc(C=O)c2)cc1. The van der Waals surface area contributed by atoms with Crippen LogP contribution in [-0.4, -0.2) is 19.4 Å². The summed E-state index contributed by atoms with van der Waals surface area (Å²) in [5.74, 6) is 0.717. The zero-order chi connectivity index (χ0) is 14.4. The van der Waals surface area contributed by atoms with Gasteiger partial charge in [-0.1, -0.05) is 12.1 Å². The van der Waals surface area contributed by atoms with Crippen molar-refractivity contribution >= 4 is 23.7 Å². The summed E-state index contributed by atoms with van der Waals surface area (Å²) in [4.78, 5) is 22.4. The second kappa shape index (κ2) is 6.38. The first-order chi connectivity index (χ1) is 9.71. The molecule has 0 aliphatic carbocycles. The molecule has 5 nitrogen and oxygen atoms in total. The number of amides is 2. The lowest BCUT2D eigenvalue weighted by Gasteiger charge is -2.08. The van der Waals surface area contributed by atoms with Crippen molar-refractivity contribution in [2.45, 2.75) is 0 Å². The highest BCUT2D eigenvalue weighted by molar-refractivity contribution is 6.00. The fraction of sp³-hybridized carbons (Fsp3) is 0.0667. The second-order valence-corrected chi connectivity index (χ2v) is 4.05. The molecule has 2 aromatic carbocycles. The Morgan fingerprint density at radius 1 is 1.05 bits per heavy atom. The molecule has 0 aromatic heterocycles. The van der Waals surface area contributed by atoms with Gasteiger partial charge in [-0.05, 0) is 36.4 Å². The van der Waals surface area contributed by atoms with E-state index in [-0.39, 0.29) is 6.03 Å². The maximum absolute atomic E-state index is 11.8. The van der Waals surface area contributed by atoms with E-state index in [0.717, 1.165) is 12.0 Å². The quantitative estimate of drug-likeness (QED) is 0.838. The molecule has 0 saturated carbocycles. The topological polar surface area (TPSA) is 67.4 Å². The van der Waals surface area contributed by atoms with Gasteiger partial charge >= 0.3 is 6.03 Å². The standard InChI is InChI=1S/C15H14N2O3/c1-20-14-7-5-12(6-8-14)16-15(19)17-13-4-2-3-11(9-13)10-18/h2-10H,1H3,(H2,16,17,19). The zero-order valence-corrected chi connectivity index (χ0v) is 10.9. The predicted molar refractivity (Wildman–Crippen MR) is 77.5 cm³/mol. The Morgan fingerprint density at radius 2 is 1.75 bits per heavy atom. The lowest BCUT2D eigenvalue weighted by atomic mass is 10.2. The van der Waals surface area contributed by atoms with E-state index in [1.807, 2.05) is 0 Å². The fourth-order valence-corrected chi connectivity index (χ4v) is 1.66. The maximum Gasteiger partial charge on any atom is 0.323 e. The number of urea groups is 1. The van der Waals surface area contributed by atoms with Crippen LogP contribution in [0.3, 0.4) is 0 Å². The minimum absolute atomic E-state index is 0.377. The highest BCUT2D eigenvalue weighted by Gasteiger charge is 2.03. The van der Waals surface area contributed by atoms with Crippen LogP contribution in [0.2, 0.25) is 0 Å². The molecule has 102 valence electrons. The Balaban J connectivity index is 1.99. The summed E-state index contributed by atoms with van der Waals surface area (Å²) >= 11 is 0. The monoisotopic (exact) mass is 270 g/mol. The third-order valence-electron chi connectivity index (χ3n) is 2.63. The lowest BCUT2D eigenvalue weighted by molar-refractivity contribution is 0.112. The number of benzene rings is 2. The number of aldehydes is 1. The molecule has 0 unspecified atom stereocenters. The van der Waals surface area contributed by atoms with Gasteiger partial charge in [-0.2, -0.15) is 0 Å². The van der Waals surface area contributed by atoms with E-state index in [1.165, 1.54) is 0 Å².